The van der Waals surface area contributed by atoms with Crippen molar-refractivity contribution < 1.29 is 72.2 Å². The summed E-state index contributed by atoms with van der Waals surface area (Å²) in [6.45, 7) is 13.2. The van der Waals surface area contributed by atoms with Gasteiger partial charge in [-0.3, -0.25) is 62.3 Å². The normalized spacial score (nSPS) is 15.1. The number of carbonyl (C=O) groups excluding carboxylic acids is 13. The molecule has 29 nitrogen and oxygen atoms in total. The van der Waals surface area contributed by atoms with Gasteiger partial charge in [0.15, 0.2) is 0 Å². The Morgan fingerprint density at radius 3 is 1.26 bits per heavy atom. The van der Waals surface area contributed by atoms with Crippen molar-refractivity contribution >= 4 is 83.1 Å². The second-order valence-corrected chi connectivity index (χ2v) is 19.7. The number of hydrogen-bond donors (Lipinski definition) is 15. The molecule has 0 spiro atoms. The molecule has 0 bridgehead atoms. The van der Waals surface area contributed by atoms with Crippen LogP contribution in [0.2, 0.25) is 0 Å². The summed E-state index contributed by atoms with van der Waals surface area (Å²) in [4.78, 5) is 181. The minimum Gasteiger partial charge on any atom is -0.481 e. The molecule has 76 heavy (non-hydrogen) atoms. The van der Waals surface area contributed by atoms with E-state index in [-0.39, 0.29) is 37.6 Å². The van der Waals surface area contributed by atoms with Crippen molar-refractivity contribution in [3.05, 3.63) is 0 Å². The van der Waals surface area contributed by atoms with Crippen LogP contribution in [0.3, 0.4) is 0 Å². The van der Waals surface area contributed by atoms with Crippen molar-refractivity contribution in [1.82, 2.24) is 47.9 Å². The highest BCUT2D eigenvalue weighted by atomic mass is 16.4. The summed E-state index contributed by atoms with van der Waals surface area (Å²) in [5, 5.41) is 31.0. The molecule has 430 valence electrons. The number of rotatable bonds is 38. The van der Waals surface area contributed by atoms with Crippen LogP contribution in [-0.4, -0.2) is 155 Å². The monoisotopic (exact) mass is 1080 g/mol. The van der Waals surface area contributed by atoms with Crippen molar-refractivity contribution in [2.24, 2.45) is 46.4 Å². The Morgan fingerprint density at radius 2 is 0.855 bits per heavy atom. The van der Waals surface area contributed by atoms with Crippen LogP contribution in [0.4, 0.5) is 0 Å². The molecule has 0 aromatic carbocycles. The molecule has 0 fully saturated rings. The maximum absolute atomic E-state index is 14.1. The standard InChI is InChI=1S/C47H82N14O15/c1-22(2)17-27(21-62)54-41(70)30(13-15-37(66)67)56-45(74)32(19-35(51)64)60-46(75)33(20-36(52)65)59-43(72)29(12-14-34(50)63)55-44(73)31(18-23(3)4)58-42(71)28(11-9-10-16-48)57-47(76)38(24(5)6)61-40(69)26(8)53-39(68)25(7)49/h21-33,38H,9-20,48-49H2,1-8H3,(H2,50,63)(H2,51,64)(H2,52,65)(H,53,68)(H,54,70)(H,55,73)(H,56,74)(H,57,76)(H,58,71)(H,59,72)(H,60,75)(H,61,69)(H,66,67)/t25-,26-,27-,28-,29-,30-,31-,32-,33-,38-/m0/s1. The van der Waals surface area contributed by atoms with Gasteiger partial charge in [-0.25, -0.2) is 0 Å². The maximum Gasteiger partial charge on any atom is 0.303 e. The molecule has 20 N–H and O–H groups in total. The molecule has 29 heteroatoms. The van der Waals surface area contributed by atoms with Crippen LogP contribution in [-0.2, 0) is 67.1 Å². The zero-order chi connectivity index (χ0) is 58.6. The van der Waals surface area contributed by atoms with E-state index in [2.05, 4.69) is 47.9 Å². The largest absolute Gasteiger partial charge is 0.481 e. The van der Waals surface area contributed by atoms with Crippen LogP contribution in [0, 0.1) is 17.8 Å². The van der Waals surface area contributed by atoms with Crippen LogP contribution >= 0.6 is 0 Å². The molecule has 0 aromatic heterocycles. The Kier molecular flexibility index (Phi) is 31.7. The fraction of sp³-hybridized carbons (Fsp3) is 0.702. The zero-order valence-corrected chi connectivity index (χ0v) is 44.6. The molecule has 0 radical (unpaired) electrons. The molecular formula is C47H82N14O15. The number of carboxylic acids is 1. The van der Waals surface area contributed by atoms with Gasteiger partial charge in [-0.1, -0.05) is 41.5 Å². The fourth-order valence-electron chi connectivity index (χ4n) is 7.16. The van der Waals surface area contributed by atoms with Crippen LogP contribution in [0.1, 0.15) is 126 Å². The van der Waals surface area contributed by atoms with E-state index in [0.717, 1.165) is 0 Å². The molecule has 10 atom stereocenters. The van der Waals surface area contributed by atoms with Gasteiger partial charge in [-0.05, 0) is 83.1 Å². The summed E-state index contributed by atoms with van der Waals surface area (Å²) in [6, 6.07) is -14.2. The molecule has 0 saturated carbocycles. The smallest absolute Gasteiger partial charge is 0.303 e. The maximum atomic E-state index is 14.1. The van der Waals surface area contributed by atoms with Crippen molar-refractivity contribution in [2.75, 3.05) is 6.54 Å². The van der Waals surface area contributed by atoms with Gasteiger partial charge in [0.2, 0.25) is 70.9 Å². The van der Waals surface area contributed by atoms with E-state index in [4.69, 9.17) is 28.7 Å². The molecule has 0 aliphatic rings. The molecule has 0 heterocycles. The Bertz CT molecular complexity index is 2050. The quantitative estimate of drug-likeness (QED) is 0.0203. The first-order valence-corrected chi connectivity index (χ1v) is 25.0. The van der Waals surface area contributed by atoms with Gasteiger partial charge in [-0.15, -0.1) is 0 Å². The van der Waals surface area contributed by atoms with E-state index >= 15 is 0 Å². The molecule has 0 aromatic rings. The second-order valence-electron chi connectivity index (χ2n) is 19.7. The van der Waals surface area contributed by atoms with E-state index in [1.165, 1.54) is 13.8 Å². The topological polar surface area (TPSA) is 498 Å². The third kappa shape index (κ3) is 27.8. The first-order chi connectivity index (χ1) is 35.3. The SMILES string of the molecule is CC(C)C[C@@H](C=O)NC(=O)[C@H](CCC(=O)O)NC(=O)[C@H](CC(N)=O)NC(=O)[C@H](CC(N)=O)NC(=O)[C@H](CCC(N)=O)NC(=O)[C@H](CC(C)C)NC(=O)[C@H](CCCCN)NC(=O)[C@@H](NC(=O)[C@H](C)NC(=O)[C@H](C)N)C(C)C. The lowest BCUT2D eigenvalue weighted by atomic mass is 9.99. The highest BCUT2D eigenvalue weighted by Crippen LogP contribution is 2.12. The summed E-state index contributed by atoms with van der Waals surface area (Å²) >= 11 is 0. The minimum absolute atomic E-state index is 0.0141. The predicted molar refractivity (Wildman–Crippen MR) is 272 cm³/mol. The Balaban J connectivity index is 6.80. The van der Waals surface area contributed by atoms with E-state index in [0.29, 0.717) is 19.1 Å². The summed E-state index contributed by atoms with van der Waals surface area (Å²) in [5.74, 6) is -14.3. The number of carbonyl (C=O) groups is 14. The highest BCUT2D eigenvalue weighted by Gasteiger charge is 2.36. The van der Waals surface area contributed by atoms with Gasteiger partial charge < -0.3 is 86.4 Å². The number of unbranched alkanes of at least 4 members (excludes halogenated alkanes) is 1. The molecule has 12 amide bonds. The van der Waals surface area contributed by atoms with Gasteiger partial charge in [0, 0.05) is 12.8 Å². The van der Waals surface area contributed by atoms with Crippen molar-refractivity contribution in [3.8, 4) is 0 Å². The van der Waals surface area contributed by atoms with Gasteiger partial charge in [-0.2, -0.15) is 0 Å². The summed E-state index contributed by atoms with van der Waals surface area (Å²) in [5.41, 5.74) is 27.4. The third-order valence-electron chi connectivity index (χ3n) is 11.2. The number of nitrogens with two attached hydrogens (primary N) is 5. The van der Waals surface area contributed by atoms with Crippen LogP contribution in [0.5, 0.6) is 0 Å². The fourth-order valence-corrected chi connectivity index (χ4v) is 7.16. The summed E-state index contributed by atoms with van der Waals surface area (Å²) in [6.07, 6.45) is -2.77. The van der Waals surface area contributed by atoms with E-state index in [1.807, 2.05) is 0 Å². The average Bonchev–Trinajstić information content (AvgIpc) is 3.30. The zero-order valence-electron chi connectivity index (χ0n) is 44.6. The molecule has 0 rings (SSSR count). The lowest BCUT2D eigenvalue weighted by Crippen LogP contribution is -2.61. The lowest BCUT2D eigenvalue weighted by Gasteiger charge is -2.29. The van der Waals surface area contributed by atoms with Crippen LogP contribution < -0.4 is 76.5 Å². The van der Waals surface area contributed by atoms with Gasteiger partial charge in [0.25, 0.3) is 0 Å². The second kappa shape index (κ2) is 35.0. The Labute approximate surface area is 441 Å². The average molecular weight is 1080 g/mol. The number of nitrogens with one attached hydrogen (secondary N) is 9. The van der Waals surface area contributed by atoms with Crippen LogP contribution in [0.15, 0.2) is 0 Å². The number of primary amides is 3. The summed E-state index contributed by atoms with van der Waals surface area (Å²) in [7, 11) is 0. The highest BCUT2D eigenvalue weighted by molar-refractivity contribution is 6.00. The van der Waals surface area contributed by atoms with E-state index in [9.17, 15) is 72.2 Å². The molecule has 0 aliphatic heterocycles. The van der Waals surface area contributed by atoms with Gasteiger partial charge in [0.05, 0.1) is 24.9 Å². The first kappa shape index (κ1) is 68.7. The molecule has 0 unspecified atom stereocenters. The molecular weight excluding hydrogens is 1000 g/mol. The lowest BCUT2D eigenvalue weighted by molar-refractivity contribution is -0.139. The van der Waals surface area contributed by atoms with Crippen molar-refractivity contribution in [1.29, 1.82) is 0 Å². The first-order valence-electron chi connectivity index (χ1n) is 25.0. The minimum atomic E-state index is -1.96. The third-order valence-corrected chi connectivity index (χ3v) is 11.2. The summed E-state index contributed by atoms with van der Waals surface area (Å²) < 4.78 is 0. The number of hydrogen-bond acceptors (Lipinski definition) is 16. The van der Waals surface area contributed by atoms with E-state index in [1.54, 1.807) is 41.5 Å². The number of carboxylic acid groups (broad SMARTS) is 1. The van der Waals surface area contributed by atoms with E-state index < -0.39 is 182 Å². The van der Waals surface area contributed by atoms with Crippen LogP contribution in [0.25, 0.3) is 0 Å². The molecule has 0 saturated heterocycles. The van der Waals surface area contributed by atoms with Gasteiger partial charge in [0.1, 0.15) is 54.6 Å². The number of aldehydes is 1. The predicted octanol–water partition coefficient (Wildman–Crippen LogP) is -5.33. The van der Waals surface area contributed by atoms with Crippen molar-refractivity contribution in [2.45, 2.75) is 186 Å². The van der Waals surface area contributed by atoms with Gasteiger partial charge >= 0.3 is 5.97 Å². The Hall–Kier alpha value is -7.30. The number of amides is 12. The Morgan fingerprint density at radius 1 is 0.447 bits per heavy atom. The number of aliphatic carboxylic acids is 1. The molecule has 0 aliphatic carbocycles. The van der Waals surface area contributed by atoms with Crippen molar-refractivity contribution in [3.63, 3.8) is 0 Å².